The summed E-state index contributed by atoms with van der Waals surface area (Å²) in [6.45, 7) is 3.53. The Kier molecular flexibility index (Phi) is 5.46. The second-order valence-corrected chi connectivity index (χ2v) is 6.51. The molecule has 0 amide bonds. The molecular formula is C23H24N4. The molecule has 0 atom stereocenters. The Hall–Kier alpha value is -3.11. The standard InChI is InChI=1S/C23H24N4/c1-3-9-20-18(6-1)8-5-11-22(20)25-16-14-24-15-17-27-23-21-10-4-2-7-19(21)12-13-26-23/h1-13,24-25H,14-17H2,(H,26,27). The van der Waals surface area contributed by atoms with Crippen molar-refractivity contribution in [2.45, 2.75) is 0 Å². The number of pyridine rings is 1. The van der Waals surface area contributed by atoms with Crippen molar-refractivity contribution in [2.24, 2.45) is 0 Å². The van der Waals surface area contributed by atoms with E-state index >= 15 is 0 Å². The third-order valence-corrected chi connectivity index (χ3v) is 4.67. The molecule has 0 aliphatic rings. The van der Waals surface area contributed by atoms with Gasteiger partial charge in [0.2, 0.25) is 0 Å². The molecule has 0 aliphatic carbocycles. The molecule has 0 radical (unpaired) electrons. The Balaban J connectivity index is 1.22. The number of nitrogens with zero attached hydrogens (tertiary/aromatic N) is 1. The van der Waals surface area contributed by atoms with Crippen molar-refractivity contribution in [2.75, 3.05) is 36.8 Å². The molecule has 136 valence electrons. The molecule has 0 bridgehead atoms. The first kappa shape index (κ1) is 17.3. The van der Waals surface area contributed by atoms with Crippen LogP contribution in [0.4, 0.5) is 11.5 Å². The van der Waals surface area contributed by atoms with Crippen LogP contribution in [-0.2, 0) is 0 Å². The average Bonchev–Trinajstić information content (AvgIpc) is 2.73. The van der Waals surface area contributed by atoms with E-state index in [4.69, 9.17) is 0 Å². The van der Waals surface area contributed by atoms with Crippen molar-refractivity contribution >= 4 is 33.1 Å². The third-order valence-electron chi connectivity index (χ3n) is 4.67. The highest BCUT2D eigenvalue weighted by Crippen LogP contribution is 2.22. The Morgan fingerprint density at radius 2 is 1.26 bits per heavy atom. The quantitative estimate of drug-likeness (QED) is 0.407. The summed E-state index contributed by atoms with van der Waals surface area (Å²) in [6.07, 6.45) is 1.85. The fourth-order valence-corrected chi connectivity index (χ4v) is 3.32. The monoisotopic (exact) mass is 356 g/mol. The highest BCUT2D eigenvalue weighted by Gasteiger charge is 2.01. The van der Waals surface area contributed by atoms with Gasteiger partial charge in [-0.05, 0) is 22.9 Å². The lowest BCUT2D eigenvalue weighted by Crippen LogP contribution is -2.27. The van der Waals surface area contributed by atoms with Crippen LogP contribution in [0.5, 0.6) is 0 Å². The Morgan fingerprint density at radius 1 is 0.593 bits per heavy atom. The third kappa shape index (κ3) is 4.18. The van der Waals surface area contributed by atoms with Crippen LogP contribution in [0.25, 0.3) is 21.5 Å². The number of nitrogens with one attached hydrogen (secondary N) is 3. The lowest BCUT2D eigenvalue weighted by molar-refractivity contribution is 0.718. The Bertz CT molecular complexity index is 935. The molecule has 3 N–H and O–H groups in total. The molecule has 27 heavy (non-hydrogen) atoms. The molecule has 0 fully saturated rings. The predicted octanol–water partition coefficient (Wildman–Crippen LogP) is 4.50. The van der Waals surface area contributed by atoms with Gasteiger partial charge in [0, 0.05) is 48.8 Å². The van der Waals surface area contributed by atoms with Crippen molar-refractivity contribution in [3.8, 4) is 0 Å². The highest BCUT2D eigenvalue weighted by atomic mass is 15.0. The number of hydrogen-bond donors (Lipinski definition) is 3. The molecule has 1 aromatic heterocycles. The van der Waals surface area contributed by atoms with Crippen LogP contribution in [0.1, 0.15) is 0 Å². The first-order valence-electron chi connectivity index (χ1n) is 9.42. The van der Waals surface area contributed by atoms with Gasteiger partial charge in [0.15, 0.2) is 0 Å². The van der Waals surface area contributed by atoms with Crippen molar-refractivity contribution in [3.05, 3.63) is 79.0 Å². The largest absolute Gasteiger partial charge is 0.383 e. The van der Waals surface area contributed by atoms with Gasteiger partial charge in [-0.3, -0.25) is 0 Å². The molecule has 1 heterocycles. The maximum atomic E-state index is 4.46. The van der Waals surface area contributed by atoms with E-state index in [0.717, 1.165) is 37.4 Å². The number of hydrogen-bond acceptors (Lipinski definition) is 4. The van der Waals surface area contributed by atoms with E-state index in [-0.39, 0.29) is 0 Å². The minimum atomic E-state index is 0.843. The van der Waals surface area contributed by atoms with Crippen LogP contribution < -0.4 is 16.0 Å². The first-order chi connectivity index (χ1) is 13.4. The van der Waals surface area contributed by atoms with Gasteiger partial charge in [0.25, 0.3) is 0 Å². The minimum absolute atomic E-state index is 0.843. The summed E-state index contributed by atoms with van der Waals surface area (Å²) >= 11 is 0. The van der Waals surface area contributed by atoms with Crippen LogP contribution in [0, 0.1) is 0 Å². The highest BCUT2D eigenvalue weighted by molar-refractivity contribution is 5.94. The number of fused-ring (bicyclic) bond motifs is 2. The molecule has 0 unspecified atom stereocenters. The lowest BCUT2D eigenvalue weighted by atomic mass is 10.1. The van der Waals surface area contributed by atoms with Gasteiger partial charge in [0.05, 0.1) is 0 Å². The smallest absolute Gasteiger partial charge is 0.133 e. The fourth-order valence-electron chi connectivity index (χ4n) is 3.32. The molecule has 4 aromatic rings. The van der Waals surface area contributed by atoms with Gasteiger partial charge in [-0.25, -0.2) is 4.98 Å². The summed E-state index contributed by atoms with van der Waals surface area (Å²) in [7, 11) is 0. The molecule has 0 spiro atoms. The molecular weight excluding hydrogens is 332 g/mol. The fraction of sp³-hybridized carbons (Fsp3) is 0.174. The van der Waals surface area contributed by atoms with E-state index in [0.29, 0.717) is 0 Å². The van der Waals surface area contributed by atoms with Crippen LogP contribution in [0.15, 0.2) is 79.0 Å². The van der Waals surface area contributed by atoms with Gasteiger partial charge in [-0.1, -0.05) is 60.7 Å². The van der Waals surface area contributed by atoms with Crippen LogP contribution in [-0.4, -0.2) is 31.2 Å². The van der Waals surface area contributed by atoms with Gasteiger partial charge in [-0.15, -0.1) is 0 Å². The number of aromatic nitrogens is 1. The lowest BCUT2D eigenvalue weighted by Gasteiger charge is -2.11. The maximum absolute atomic E-state index is 4.46. The first-order valence-corrected chi connectivity index (χ1v) is 9.42. The van der Waals surface area contributed by atoms with E-state index in [9.17, 15) is 0 Å². The van der Waals surface area contributed by atoms with Crippen LogP contribution >= 0.6 is 0 Å². The second-order valence-electron chi connectivity index (χ2n) is 6.51. The van der Waals surface area contributed by atoms with Gasteiger partial charge in [-0.2, -0.15) is 0 Å². The molecule has 4 heteroatoms. The van der Waals surface area contributed by atoms with Gasteiger partial charge >= 0.3 is 0 Å². The van der Waals surface area contributed by atoms with E-state index in [2.05, 4.69) is 81.6 Å². The van der Waals surface area contributed by atoms with E-state index in [1.165, 1.54) is 21.8 Å². The van der Waals surface area contributed by atoms with E-state index < -0.39 is 0 Å². The zero-order valence-electron chi connectivity index (χ0n) is 15.3. The number of anilines is 2. The normalized spacial score (nSPS) is 11.0. The summed E-state index contributed by atoms with van der Waals surface area (Å²) in [6, 6.07) is 25.2. The minimum Gasteiger partial charge on any atom is -0.383 e. The topological polar surface area (TPSA) is 49.0 Å². The zero-order valence-corrected chi connectivity index (χ0v) is 15.3. The van der Waals surface area contributed by atoms with Crippen molar-refractivity contribution in [3.63, 3.8) is 0 Å². The van der Waals surface area contributed by atoms with Crippen molar-refractivity contribution in [1.29, 1.82) is 0 Å². The molecule has 0 saturated carbocycles. The molecule has 3 aromatic carbocycles. The maximum Gasteiger partial charge on any atom is 0.133 e. The molecule has 0 saturated heterocycles. The average molecular weight is 356 g/mol. The van der Waals surface area contributed by atoms with E-state index in [1.54, 1.807) is 0 Å². The number of benzene rings is 3. The van der Waals surface area contributed by atoms with Gasteiger partial charge in [0.1, 0.15) is 5.82 Å². The SMILES string of the molecule is c1ccc2c(NCCNCCNc3nccc4ccccc34)cccc2c1. The number of rotatable bonds is 8. The summed E-state index contributed by atoms with van der Waals surface area (Å²) in [5, 5.41) is 15.3. The Morgan fingerprint density at radius 3 is 2.11 bits per heavy atom. The predicted molar refractivity (Wildman–Crippen MR) is 116 cm³/mol. The molecule has 4 rings (SSSR count). The van der Waals surface area contributed by atoms with Crippen LogP contribution in [0.2, 0.25) is 0 Å². The van der Waals surface area contributed by atoms with Crippen molar-refractivity contribution < 1.29 is 0 Å². The van der Waals surface area contributed by atoms with E-state index in [1.807, 2.05) is 18.3 Å². The van der Waals surface area contributed by atoms with Crippen molar-refractivity contribution in [1.82, 2.24) is 10.3 Å². The van der Waals surface area contributed by atoms with Gasteiger partial charge < -0.3 is 16.0 Å². The summed E-state index contributed by atoms with van der Waals surface area (Å²) < 4.78 is 0. The Labute approximate surface area is 159 Å². The summed E-state index contributed by atoms with van der Waals surface area (Å²) in [5.74, 6) is 0.948. The zero-order chi connectivity index (χ0) is 18.3. The molecule has 4 nitrogen and oxygen atoms in total. The van der Waals surface area contributed by atoms with Crippen LogP contribution in [0.3, 0.4) is 0 Å². The summed E-state index contributed by atoms with van der Waals surface area (Å²) in [5.41, 5.74) is 1.19. The summed E-state index contributed by atoms with van der Waals surface area (Å²) in [4.78, 5) is 4.46. The second kappa shape index (κ2) is 8.52. The molecule has 0 aliphatic heterocycles.